The Morgan fingerprint density at radius 1 is 1.28 bits per heavy atom. The van der Waals surface area contributed by atoms with Crippen molar-refractivity contribution in [1.29, 1.82) is 0 Å². The summed E-state index contributed by atoms with van der Waals surface area (Å²) in [6.45, 7) is 0. The van der Waals surface area contributed by atoms with E-state index in [2.05, 4.69) is 0 Å². The third kappa shape index (κ3) is 5.62. The third-order valence-electron chi connectivity index (χ3n) is 3.65. The van der Waals surface area contributed by atoms with Crippen LogP contribution in [0, 0.1) is 5.92 Å². The SMILES string of the molecule is N[C@](O)(CCC1CCCCC1)[C@@H](O)CS(N)(=O)=O. The molecule has 108 valence electrons. The van der Waals surface area contributed by atoms with E-state index in [9.17, 15) is 18.6 Å². The zero-order valence-electron chi connectivity index (χ0n) is 10.6. The fraction of sp³-hybridized carbons (Fsp3) is 1.00. The highest BCUT2D eigenvalue weighted by atomic mass is 32.2. The van der Waals surface area contributed by atoms with Crippen LogP contribution in [0.1, 0.15) is 44.9 Å². The standard InChI is InChI=1S/C11H24N2O4S/c12-11(15,10(14)8-18(13,16)17)7-6-9-4-2-1-3-5-9/h9-10,14-15H,1-8,12H2,(H2,13,16,17)/t10-,11-/m0/s1. The number of primary sulfonamides is 1. The van der Waals surface area contributed by atoms with Crippen LogP contribution in [0.5, 0.6) is 0 Å². The first-order valence-corrected chi connectivity index (χ1v) is 8.12. The van der Waals surface area contributed by atoms with Crippen LogP contribution >= 0.6 is 0 Å². The van der Waals surface area contributed by atoms with E-state index in [1.807, 2.05) is 0 Å². The van der Waals surface area contributed by atoms with Crippen molar-refractivity contribution in [3.05, 3.63) is 0 Å². The number of aliphatic hydroxyl groups is 2. The highest BCUT2D eigenvalue weighted by Crippen LogP contribution is 2.29. The Balaban J connectivity index is 2.42. The van der Waals surface area contributed by atoms with E-state index in [0.717, 1.165) is 12.8 Å². The Morgan fingerprint density at radius 2 is 1.83 bits per heavy atom. The minimum atomic E-state index is -3.84. The van der Waals surface area contributed by atoms with E-state index in [1.165, 1.54) is 19.3 Å². The summed E-state index contributed by atoms with van der Waals surface area (Å²) in [6, 6.07) is 0. The minimum Gasteiger partial charge on any atom is -0.388 e. The number of nitrogens with two attached hydrogens (primary N) is 2. The van der Waals surface area contributed by atoms with Crippen LogP contribution < -0.4 is 10.9 Å². The molecule has 0 radical (unpaired) electrons. The molecule has 0 spiro atoms. The van der Waals surface area contributed by atoms with E-state index >= 15 is 0 Å². The monoisotopic (exact) mass is 280 g/mol. The molecule has 1 saturated carbocycles. The number of aliphatic hydroxyl groups excluding tert-OH is 1. The molecule has 0 aromatic heterocycles. The second kappa shape index (κ2) is 6.29. The maximum Gasteiger partial charge on any atom is 0.211 e. The lowest BCUT2D eigenvalue weighted by molar-refractivity contribution is -0.0693. The fourth-order valence-corrected chi connectivity index (χ4v) is 3.17. The van der Waals surface area contributed by atoms with Gasteiger partial charge in [0.1, 0.15) is 11.8 Å². The molecular formula is C11H24N2O4S. The van der Waals surface area contributed by atoms with E-state index in [1.54, 1.807) is 0 Å². The summed E-state index contributed by atoms with van der Waals surface area (Å²) in [4.78, 5) is 0. The molecule has 0 unspecified atom stereocenters. The molecule has 0 aromatic rings. The molecule has 2 atom stereocenters. The van der Waals surface area contributed by atoms with E-state index in [4.69, 9.17) is 10.9 Å². The van der Waals surface area contributed by atoms with Crippen LogP contribution in [0.25, 0.3) is 0 Å². The second-order valence-electron chi connectivity index (χ2n) is 5.38. The summed E-state index contributed by atoms with van der Waals surface area (Å²) < 4.78 is 21.7. The van der Waals surface area contributed by atoms with E-state index in [-0.39, 0.29) is 6.42 Å². The predicted octanol–water partition coefficient (Wildman–Crippen LogP) is -0.356. The van der Waals surface area contributed by atoms with Gasteiger partial charge in [-0.25, -0.2) is 13.6 Å². The van der Waals surface area contributed by atoms with E-state index in [0.29, 0.717) is 12.3 Å². The molecule has 6 N–H and O–H groups in total. The largest absolute Gasteiger partial charge is 0.388 e. The quantitative estimate of drug-likeness (QED) is 0.494. The van der Waals surface area contributed by atoms with Gasteiger partial charge in [0, 0.05) is 0 Å². The van der Waals surface area contributed by atoms with Crippen LogP contribution in [0.4, 0.5) is 0 Å². The molecule has 1 rings (SSSR count). The van der Waals surface area contributed by atoms with Crippen molar-refractivity contribution < 1.29 is 18.6 Å². The van der Waals surface area contributed by atoms with Gasteiger partial charge in [0.2, 0.25) is 10.0 Å². The number of sulfonamides is 1. The third-order valence-corrected chi connectivity index (χ3v) is 4.43. The van der Waals surface area contributed by atoms with Crippen molar-refractivity contribution in [3.63, 3.8) is 0 Å². The molecule has 0 bridgehead atoms. The highest BCUT2D eigenvalue weighted by molar-refractivity contribution is 7.89. The van der Waals surface area contributed by atoms with Crippen LogP contribution in [-0.4, -0.2) is 36.2 Å². The summed E-state index contributed by atoms with van der Waals surface area (Å²) >= 11 is 0. The van der Waals surface area contributed by atoms with Gasteiger partial charge in [-0.15, -0.1) is 0 Å². The lowest BCUT2D eigenvalue weighted by Crippen LogP contribution is -2.54. The zero-order valence-corrected chi connectivity index (χ0v) is 11.4. The molecule has 6 nitrogen and oxygen atoms in total. The van der Waals surface area contributed by atoms with Gasteiger partial charge in [-0.2, -0.15) is 0 Å². The van der Waals surface area contributed by atoms with Crippen molar-refractivity contribution >= 4 is 10.0 Å². The Hall–Kier alpha value is -0.210. The molecule has 0 aliphatic heterocycles. The summed E-state index contributed by atoms with van der Waals surface area (Å²) in [7, 11) is -3.84. The molecular weight excluding hydrogens is 256 g/mol. The minimum absolute atomic E-state index is 0.189. The zero-order chi connectivity index (χ0) is 13.8. The Kier molecular flexibility index (Phi) is 5.54. The summed E-state index contributed by atoms with van der Waals surface area (Å²) in [5, 5.41) is 24.3. The molecule has 1 aliphatic carbocycles. The van der Waals surface area contributed by atoms with Crippen LogP contribution in [0.3, 0.4) is 0 Å². The molecule has 1 fully saturated rings. The predicted molar refractivity (Wildman–Crippen MR) is 68.9 cm³/mol. The van der Waals surface area contributed by atoms with Gasteiger partial charge in [-0.05, 0) is 18.8 Å². The molecule has 1 aliphatic rings. The maximum absolute atomic E-state index is 10.8. The molecule has 0 saturated heterocycles. The van der Waals surface area contributed by atoms with Crippen molar-refractivity contribution in [3.8, 4) is 0 Å². The van der Waals surface area contributed by atoms with Crippen molar-refractivity contribution in [2.24, 2.45) is 16.8 Å². The van der Waals surface area contributed by atoms with Gasteiger partial charge in [0.05, 0.1) is 5.75 Å². The van der Waals surface area contributed by atoms with Gasteiger partial charge in [0.25, 0.3) is 0 Å². The maximum atomic E-state index is 10.8. The second-order valence-corrected chi connectivity index (χ2v) is 7.04. The van der Waals surface area contributed by atoms with Gasteiger partial charge in [-0.1, -0.05) is 32.1 Å². The van der Waals surface area contributed by atoms with Crippen molar-refractivity contribution in [1.82, 2.24) is 0 Å². The van der Waals surface area contributed by atoms with Crippen LogP contribution in [-0.2, 0) is 10.0 Å². The Morgan fingerprint density at radius 3 is 2.33 bits per heavy atom. The van der Waals surface area contributed by atoms with Crippen molar-refractivity contribution in [2.75, 3.05) is 5.75 Å². The lowest BCUT2D eigenvalue weighted by atomic mass is 9.84. The topological polar surface area (TPSA) is 127 Å². The first-order valence-electron chi connectivity index (χ1n) is 6.40. The van der Waals surface area contributed by atoms with Gasteiger partial charge >= 0.3 is 0 Å². The molecule has 7 heteroatoms. The first-order chi connectivity index (χ1) is 8.21. The normalized spacial score (nSPS) is 23.6. The fourth-order valence-electron chi connectivity index (χ4n) is 2.44. The smallest absolute Gasteiger partial charge is 0.211 e. The summed E-state index contributed by atoms with van der Waals surface area (Å²) in [6.07, 6.45) is 5.19. The summed E-state index contributed by atoms with van der Waals surface area (Å²) in [5.74, 6) is -0.208. The molecule has 0 heterocycles. The molecule has 0 aromatic carbocycles. The molecule has 18 heavy (non-hydrogen) atoms. The Bertz CT molecular complexity index is 350. The van der Waals surface area contributed by atoms with Crippen molar-refractivity contribution in [2.45, 2.75) is 56.8 Å². The highest BCUT2D eigenvalue weighted by Gasteiger charge is 2.34. The number of hydrogen-bond acceptors (Lipinski definition) is 5. The van der Waals surface area contributed by atoms with Gasteiger partial charge in [-0.3, -0.25) is 0 Å². The van der Waals surface area contributed by atoms with Gasteiger partial charge < -0.3 is 15.9 Å². The number of rotatable bonds is 6. The van der Waals surface area contributed by atoms with Crippen LogP contribution in [0.2, 0.25) is 0 Å². The van der Waals surface area contributed by atoms with Crippen LogP contribution in [0.15, 0.2) is 0 Å². The average molecular weight is 280 g/mol. The lowest BCUT2D eigenvalue weighted by Gasteiger charge is -2.31. The molecule has 0 amide bonds. The van der Waals surface area contributed by atoms with E-state index < -0.39 is 27.6 Å². The first kappa shape index (κ1) is 15.8. The average Bonchev–Trinajstić information content (AvgIpc) is 2.26. The van der Waals surface area contributed by atoms with Gasteiger partial charge in [0.15, 0.2) is 0 Å². The Labute approximate surface area is 108 Å². The summed E-state index contributed by atoms with van der Waals surface area (Å²) in [5.41, 5.74) is 3.69. The number of hydrogen-bond donors (Lipinski definition) is 4.